The van der Waals surface area contributed by atoms with E-state index in [-0.39, 0.29) is 18.3 Å². The maximum atomic E-state index is 11.5. The molecular weight excluding hydrogens is 222 g/mol. The lowest BCUT2D eigenvalue weighted by Crippen LogP contribution is -2.38. The number of nitrogens with zero attached hydrogens (tertiary/aromatic N) is 2. The highest BCUT2D eigenvalue weighted by atomic mass is 16.2. The Hall–Kier alpha value is -1.92. The van der Waals surface area contributed by atoms with E-state index in [0.29, 0.717) is 18.3 Å². The van der Waals surface area contributed by atoms with Gasteiger partial charge in [-0.2, -0.15) is 0 Å². The Morgan fingerprint density at radius 1 is 1.35 bits per heavy atom. The molecule has 0 fully saturated rings. The molecular formula is C10H17N5O2. The third kappa shape index (κ3) is 4.62. The van der Waals surface area contributed by atoms with Crippen LogP contribution in [0.3, 0.4) is 0 Å². The van der Waals surface area contributed by atoms with Crippen molar-refractivity contribution in [3.8, 4) is 0 Å². The van der Waals surface area contributed by atoms with Crippen LogP contribution in [0.2, 0.25) is 0 Å². The molecule has 2 amide bonds. The minimum atomic E-state index is -0.464. The van der Waals surface area contributed by atoms with Gasteiger partial charge in [0.05, 0.1) is 6.54 Å². The van der Waals surface area contributed by atoms with Crippen molar-refractivity contribution in [2.75, 3.05) is 13.1 Å². The lowest BCUT2D eigenvalue weighted by molar-refractivity contribution is -0.120. The topological polar surface area (TPSA) is 99.8 Å². The number of nitrogens with one attached hydrogen (secondary N) is 3. The molecule has 0 bridgehead atoms. The molecule has 1 heterocycles. The van der Waals surface area contributed by atoms with Gasteiger partial charge in [0.1, 0.15) is 5.82 Å². The fourth-order valence-corrected chi connectivity index (χ4v) is 1.06. The van der Waals surface area contributed by atoms with Crippen LogP contribution in [0.1, 0.15) is 30.3 Å². The monoisotopic (exact) mass is 239 g/mol. The van der Waals surface area contributed by atoms with E-state index in [1.54, 1.807) is 6.92 Å². The first kappa shape index (κ1) is 13.1. The Bertz CT molecular complexity index is 399. The molecule has 7 nitrogen and oxygen atoms in total. The van der Waals surface area contributed by atoms with Gasteiger partial charge in [0, 0.05) is 6.54 Å². The van der Waals surface area contributed by atoms with Crippen LogP contribution < -0.4 is 10.6 Å². The molecule has 94 valence electrons. The number of aromatic amines is 1. The van der Waals surface area contributed by atoms with Crippen LogP contribution in [0.4, 0.5) is 0 Å². The molecule has 0 aromatic carbocycles. The van der Waals surface area contributed by atoms with Gasteiger partial charge in [-0.3, -0.25) is 14.7 Å². The maximum Gasteiger partial charge on any atom is 0.291 e. The fraction of sp³-hybridized carbons (Fsp3) is 0.600. The summed E-state index contributed by atoms with van der Waals surface area (Å²) in [5, 5.41) is 11.4. The van der Waals surface area contributed by atoms with Crippen LogP contribution in [-0.2, 0) is 4.79 Å². The molecule has 0 spiro atoms. The highest BCUT2D eigenvalue weighted by molar-refractivity contribution is 5.93. The van der Waals surface area contributed by atoms with Crippen molar-refractivity contribution in [3.05, 3.63) is 11.6 Å². The molecule has 17 heavy (non-hydrogen) atoms. The van der Waals surface area contributed by atoms with Gasteiger partial charge in [-0.05, 0) is 12.8 Å². The number of hydrogen-bond donors (Lipinski definition) is 3. The van der Waals surface area contributed by atoms with E-state index in [4.69, 9.17) is 0 Å². The molecule has 0 saturated carbocycles. The molecule has 0 aliphatic carbocycles. The molecule has 0 aliphatic rings. The van der Waals surface area contributed by atoms with E-state index < -0.39 is 5.91 Å². The van der Waals surface area contributed by atoms with Crippen molar-refractivity contribution in [2.24, 2.45) is 5.92 Å². The third-order valence-electron chi connectivity index (χ3n) is 1.92. The van der Waals surface area contributed by atoms with E-state index in [9.17, 15) is 9.59 Å². The Kier molecular flexibility index (Phi) is 4.62. The maximum absolute atomic E-state index is 11.5. The van der Waals surface area contributed by atoms with Crippen LogP contribution in [0.25, 0.3) is 0 Å². The van der Waals surface area contributed by atoms with Crippen molar-refractivity contribution >= 4 is 11.8 Å². The van der Waals surface area contributed by atoms with Crippen molar-refractivity contribution in [2.45, 2.75) is 20.8 Å². The van der Waals surface area contributed by atoms with Crippen molar-refractivity contribution in [1.82, 2.24) is 25.8 Å². The van der Waals surface area contributed by atoms with E-state index in [1.807, 2.05) is 13.8 Å². The summed E-state index contributed by atoms with van der Waals surface area (Å²) in [4.78, 5) is 26.6. The summed E-state index contributed by atoms with van der Waals surface area (Å²) in [6, 6.07) is 0. The minimum Gasteiger partial charge on any atom is -0.354 e. The van der Waals surface area contributed by atoms with Gasteiger partial charge in [-0.1, -0.05) is 13.8 Å². The van der Waals surface area contributed by atoms with Gasteiger partial charge < -0.3 is 10.6 Å². The predicted octanol–water partition coefficient (Wildman–Crippen LogP) is -0.385. The zero-order valence-corrected chi connectivity index (χ0v) is 10.2. The molecule has 0 aliphatic heterocycles. The lowest BCUT2D eigenvalue weighted by atomic mass is 10.2. The molecule has 1 aromatic heterocycles. The molecule has 0 atom stereocenters. The summed E-state index contributed by atoms with van der Waals surface area (Å²) in [6.45, 7) is 6.21. The van der Waals surface area contributed by atoms with Gasteiger partial charge in [0.2, 0.25) is 11.7 Å². The van der Waals surface area contributed by atoms with Crippen molar-refractivity contribution in [1.29, 1.82) is 0 Å². The first-order valence-corrected chi connectivity index (χ1v) is 5.43. The van der Waals surface area contributed by atoms with E-state index in [1.165, 1.54) is 0 Å². The Balaban J connectivity index is 2.31. The van der Waals surface area contributed by atoms with Crippen LogP contribution in [0, 0.1) is 12.8 Å². The van der Waals surface area contributed by atoms with Crippen molar-refractivity contribution in [3.63, 3.8) is 0 Å². The standard InChI is InChI=1S/C10H17N5O2/c1-6(2)4-11-8(16)5-12-10(17)9-13-7(3)14-15-9/h6H,4-5H2,1-3H3,(H,11,16)(H,12,17)(H,13,14,15). The molecule has 0 unspecified atom stereocenters. The van der Waals surface area contributed by atoms with Gasteiger partial charge in [0.25, 0.3) is 5.91 Å². The van der Waals surface area contributed by atoms with Crippen LogP contribution >= 0.6 is 0 Å². The number of carbonyl (C=O) groups excluding carboxylic acids is 2. The van der Waals surface area contributed by atoms with E-state index in [0.717, 1.165) is 0 Å². The van der Waals surface area contributed by atoms with E-state index >= 15 is 0 Å². The molecule has 0 saturated heterocycles. The van der Waals surface area contributed by atoms with Crippen LogP contribution in [0.15, 0.2) is 0 Å². The highest BCUT2D eigenvalue weighted by Crippen LogP contribution is 1.90. The van der Waals surface area contributed by atoms with E-state index in [2.05, 4.69) is 25.8 Å². The number of amides is 2. The molecule has 1 aromatic rings. The Labute approximate surface area is 99.4 Å². The third-order valence-corrected chi connectivity index (χ3v) is 1.92. The zero-order valence-electron chi connectivity index (χ0n) is 10.2. The van der Waals surface area contributed by atoms with Gasteiger partial charge in [-0.15, -0.1) is 5.10 Å². The SMILES string of the molecule is Cc1nc(C(=O)NCC(=O)NCC(C)C)n[nH]1. The van der Waals surface area contributed by atoms with Gasteiger partial charge >= 0.3 is 0 Å². The quantitative estimate of drug-likeness (QED) is 0.651. The van der Waals surface area contributed by atoms with Crippen molar-refractivity contribution < 1.29 is 9.59 Å². The summed E-state index contributed by atoms with van der Waals surface area (Å²) in [7, 11) is 0. The number of rotatable bonds is 5. The number of aryl methyl sites for hydroxylation is 1. The Morgan fingerprint density at radius 3 is 2.59 bits per heavy atom. The Morgan fingerprint density at radius 2 is 2.06 bits per heavy atom. The first-order valence-electron chi connectivity index (χ1n) is 5.43. The second-order valence-electron chi connectivity index (χ2n) is 4.13. The largest absolute Gasteiger partial charge is 0.354 e. The number of H-pyrrole nitrogens is 1. The fourth-order valence-electron chi connectivity index (χ4n) is 1.06. The first-order chi connectivity index (χ1) is 7.99. The molecule has 3 N–H and O–H groups in total. The summed E-state index contributed by atoms with van der Waals surface area (Å²) in [5.74, 6) is 0.289. The van der Waals surface area contributed by atoms with Gasteiger partial charge in [-0.25, -0.2) is 4.98 Å². The lowest BCUT2D eigenvalue weighted by Gasteiger charge is -2.07. The zero-order chi connectivity index (χ0) is 12.8. The number of carbonyl (C=O) groups is 2. The normalized spacial score (nSPS) is 10.4. The minimum absolute atomic E-state index is 0.0409. The summed E-state index contributed by atoms with van der Waals surface area (Å²) in [5.41, 5.74) is 0. The average Bonchev–Trinajstić information content (AvgIpc) is 2.70. The number of aromatic nitrogens is 3. The number of hydrogen-bond acceptors (Lipinski definition) is 4. The predicted molar refractivity (Wildman–Crippen MR) is 61.3 cm³/mol. The second-order valence-corrected chi connectivity index (χ2v) is 4.13. The second kappa shape index (κ2) is 5.97. The smallest absolute Gasteiger partial charge is 0.291 e. The summed E-state index contributed by atoms with van der Waals surface area (Å²) >= 11 is 0. The van der Waals surface area contributed by atoms with Crippen LogP contribution in [-0.4, -0.2) is 40.1 Å². The van der Waals surface area contributed by atoms with Gasteiger partial charge in [0.15, 0.2) is 0 Å². The summed E-state index contributed by atoms with van der Waals surface area (Å²) in [6.07, 6.45) is 0. The average molecular weight is 239 g/mol. The van der Waals surface area contributed by atoms with Crippen LogP contribution in [0.5, 0.6) is 0 Å². The molecule has 0 radical (unpaired) electrons. The molecule has 1 rings (SSSR count). The molecule has 7 heteroatoms. The highest BCUT2D eigenvalue weighted by Gasteiger charge is 2.12. The summed E-state index contributed by atoms with van der Waals surface area (Å²) < 4.78 is 0.